The highest BCUT2D eigenvalue weighted by Crippen LogP contribution is 2.43. The normalized spacial score (nSPS) is 23.8. The number of nitrogens with zero attached hydrogens (tertiary/aromatic N) is 9. The molecule has 6 N–H and O–H groups in total. The van der Waals surface area contributed by atoms with Crippen LogP contribution in [-0.2, 0) is 44.9 Å². The summed E-state index contributed by atoms with van der Waals surface area (Å²) in [5, 5.41) is 23.3. The summed E-state index contributed by atoms with van der Waals surface area (Å²) in [7, 11) is 0. The topological polar surface area (TPSA) is 257 Å². The SMILES string of the molecule is CC1(C)CCc2c(-c3cc4ccc(C(=O)N5CCC(CN6CCN(c7ccc(C8CC(C9CC(c%10ccc(N%11CCC(C%12CCN(C(=O)c%13ccc%14cc(-c%15n[nH]c%16c%15CCC(C)(C)C%16)[nH]c%14c%13)CC%12)CC%11)nc%10)C(=O)NC9=O)C(=O)NC8=O)cn7)CC6)CC5)cc4[nH]3)n[nH]c2C1. The molecular weight excluding hydrogens is 1220 g/mol. The Morgan fingerprint density at radius 2 is 0.948 bits per heavy atom. The van der Waals surface area contributed by atoms with E-state index in [0.717, 1.165) is 205 Å². The van der Waals surface area contributed by atoms with E-state index in [2.05, 4.69) is 85.3 Å². The Hall–Kier alpha value is -8.98. The van der Waals surface area contributed by atoms with Crippen LogP contribution in [0.15, 0.2) is 85.2 Å². The second-order valence-electron chi connectivity index (χ2n) is 31.1. The van der Waals surface area contributed by atoms with Crippen molar-refractivity contribution in [2.75, 3.05) is 81.8 Å². The highest BCUT2D eigenvalue weighted by Gasteiger charge is 2.47. The van der Waals surface area contributed by atoms with Crippen molar-refractivity contribution < 1.29 is 28.8 Å². The monoisotopic (exact) mass is 1310 g/mol. The fraction of sp³-hybridized carbons (Fsp3) is 0.500. The Morgan fingerprint density at radius 1 is 0.505 bits per heavy atom. The Morgan fingerprint density at radius 3 is 1.40 bits per heavy atom. The lowest BCUT2D eigenvalue weighted by atomic mass is 9.72. The van der Waals surface area contributed by atoms with Crippen molar-refractivity contribution in [3.8, 4) is 22.8 Å². The molecule has 4 atom stereocenters. The number of likely N-dealkylation sites (tertiary alicyclic amines) is 2. The van der Waals surface area contributed by atoms with Gasteiger partial charge < -0.3 is 29.6 Å². The quantitative estimate of drug-likeness (QED) is 0.0623. The molecule has 0 saturated carbocycles. The molecule has 2 aromatic carbocycles. The number of nitrogens with one attached hydrogen (secondary N) is 6. The molecule has 0 spiro atoms. The molecule has 21 nitrogen and oxygen atoms in total. The van der Waals surface area contributed by atoms with Crippen molar-refractivity contribution in [2.24, 2.45) is 40.4 Å². The number of piperidine rings is 5. The van der Waals surface area contributed by atoms with Crippen LogP contribution >= 0.6 is 0 Å². The summed E-state index contributed by atoms with van der Waals surface area (Å²) in [4.78, 5) is 110. The van der Waals surface area contributed by atoms with Crippen LogP contribution in [0.2, 0.25) is 0 Å². The first-order valence-corrected chi connectivity index (χ1v) is 35.7. The van der Waals surface area contributed by atoms with Crippen molar-refractivity contribution in [2.45, 2.75) is 129 Å². The van der Waals surface area contributed by atoms with Crippen molar-refractivity contribution in [1.82, 2.24) is 65.7 Å². The van der Waals surface area contributed by atoms with Crippen LogP contribution in [0.4, 0.5) is 11.6 Å². The van der Waals surface area contributed by atoms with Crippen LogP contribution in [0, 0.1) is 40.4 Å². The number of anilines is 2. The van der Waals surface area contributed by atoms with E-state index in [9.17, 15) is 28.8 Å². The Labute approximate surface area is 565 Å². The van der Waals surface area contributed by atoms with E-state index in [1.54, 1.807) is 12.4 Å². The first kappa shape index (κ1) is 62.8. The molecule has 0 radical (unpaired) electrons. The van der Waals surface area contributed by atoms with Gasteiger partial charge in [0.05, 0.1) is 35.1 Å². The van der Waals surface area contributed by atoms with Gasteiger partial charge in [-0.25, -0.2) is 9.97 Å². The fourth-order valence-electron chi connectivity index (χ4n) is 17.7. The van der Waals surface area contributed by atoms with Crippen LogP contribution in [0.3, 0.4) is 0 Å². The van der Waals surface area contributed by atoms with E-state index < -0.39 is 47.3 Å². The van der Waals surface area contributed by atoms with Crippen molar-refractivity contribution >= 4 is 68.9 Å². The second kappa shape index (κ2) is 25.1. The van der Waals surface area contributed by atoms with Gasteiger partial charge in [0.1, 0.15) is 23.0 Å². The predicted molar refractivity (Wildman–Crippen MR) is 371 cm³/mol. The smallest absolute Gasteiger partial charge is 0.253 e. The van der Waals surface area contributed by atoms with E-state index >= 15 is 0 Å². The van der Waals surface area contributed by atoms with Crippen LogP contribution in [0.25, 0.3) is 44.6 Å². The average molecular weight is 1310 g/mol. The lowest BCUT2D eigenvalue weighted by Crippen LogP contribution is -2.54. The molecule has 6 saturated heterocycles. The molecule has 4 unspecified atom stereocenters. The molecular formula is C76H89N15O6. The second-order valence-corrected chi connectivity index (χ2v) is 31.1. The summed E-state index contributed by atoms with van der Waals surface area (Å²) in [6.07, 6.45) is 15.9. The van der Waals surface area contributed by atoms with Gasteiger partial charge in [-0.1, -0.05) is 52.0 Å². The molecule has 8 aliphatic rings. The van der Waals surface area contributed by atoms with Crippen molar-refractivity contribution in [1.29, 1.82) is 0 Å². The summed E-state index contributed by atoms with van der Waals surface area (Å²) in [6, 6.07) is 24.0. The molecule has 21 heteroatoms. The largest absolute Gasteiger partial charge is 0.357 e. The van der Waals surface area contributed by atoms with Gasteiger partial charge >= 0.3 is 0 Å². The number of piperazine rings is 1. The third-order valence-electron chi connectivity index (χ3n) is 23.7. The van der Waals surface area contributed by atoms with Gasteiger partial charge in [0, 0.05) is 140 Å². The first-order valence-electron chi connectivity index (χ1n) is 35.7. The van der Waals surface area contributed by atoms with Gasteiger partial charge in [0.15, 0.2) is 0 Å². The number of benzene rings is 2. The van der Waals surface area contributed by atoms with Crippen molar-refractivity contribution in [3.05, 3.63) is 130 Å². The Kier molecular flexibility index (Phi) is 16.3. The number of aromatic amines is 4. The molecule has 6 aliphatic heterocycles. The maximum absolute atomic E-state index is 13.9. The molecule has 12 heterocycles. The van der Waals surface area contributed by atoms with E-state index in [0.29, 0.717) is 40.0 Å². The summed E-state index contributed by atoms with van der Waals surface area (Å²) < 4.78 is 0. The zero-order chi connectivity index (χ0) is 66.4. The van der Waals surface area contributed by atoms with Gasteiger partial charge in [0.2, 0.25) is 23.6 Å². The number of hydrogen-bond acceptors (Lipinski definition) is 13. The van der Waals surface area contributed by atoms with E-state index in [1.165, 1.54) is 22.5 Å². The fourth-order valence-corrected chi connectivity index (χ4v) is 17.7. The van der Waals surface area contributed by atoms with E-state index in [-0.39, 0.29) is 35.5 Å². The summed E-state index contributed by atoms with van der Waals surface area (Å²) >= 11 is 0. The minimum atomic E-state index is -0.832. The minimum absolute atomic E-state index is 0.0778. The number of amides is 6. The molecule has 0 bridgehead atoms. The number of fused-ring (bicyclic) bond motifs is 4. The third-order valence-corrected chi connectivity index (χ3v) is 23.7. The lowest BCUT2D eigenvalue weighted by Gasteiger charge is -2.40. The molecule has 2 aliphatic carbocycles. The molecule has 97 heavy (non-hydrogen) atoms. The highest BCUT2D eigenvalue weighted by atomic mass is 16.2. The zero-order valence-corrected chi connectivity index (χ0v) is 56.3. The molecule has 6 amide bonds. The van der Waals surface area contributed by atoms with Crippen LogP contribution in [-0.4, -0.2) is 162 Å². The number of hydrogen-bond donors (Lipinski definition) is 6. The maximum Gasteiger partial charge on any atom is 0.253 e. The van der Waals surface area contributed by atoms with E-state index in [1.807, 2.05) is 70.5 Å². The first-order chi connectivity index (χ1) is 46.9. The molecule has 6 fully saturated rings. The van der Waals surface area contributed by atoms with Crippen LogP contribution in [0.1, 0.15) is 158 Å². The number of carbonyl (C=O) groups is 6. The summed E-state index contributed by atoms with van der Waals surface area (Å²) in [5.74, 6) is -1.48. The number of H-pyrrole nitrogens is 4. The number of aromatic nitrogens is 8. The summed E-state index contributed by atoms with van der Waals surface area (Å²) in [5.41, 5.74) is 14.2. The minimum Gasteiger partial charge on any atom is -0.357 e. The Bertz CT molecular complexity index is 4350. The Balaban J connectivity index is 0.474. The third kappa shape index (κ3) is 12.4. The van der Waals surface area contributed by atoms with Gasteiger partial charge in [-0.15, -0.1) is 0 Å². The lowest BCUT2D eigenvalue weighted by molar-refractivity contribution is -0.147. The van der Waals surface area contributed by atoms with Gasteiger partial charge in [0.25, 0.3) is 11.8 Å². The zero-order valence-electron chi connectivity index (χ0n) is 56.3. The summed E-state index contributed by atoms with van der Waals surface area (Å²) in [6.45, 7) is 18.3. The molecule has 504 valence electrons. The maximum atomic E-state index is 13.9. The molecule has 16 rings (SSSR count). The van der Waals surface area contributed by atoms with Crippen molar-refractivity contribution in [3.63, 3.8) is 0 Å². The van der Waals surface area contributed by atoms with Crippen LogP contribution < -0.4 is 20.4 Å². The highest BCUT2D eigenvalue weighted by molar-refractivity contribution is 6.07. The van der Waals surface area contributed by atoms with Gasteiger partial charge in [-0.05, 0) is 178 Å². The number of pyridine rings is 2. The molecule has 6 aromatic heterocycles. The van der Waals surface area contributed by atoms with Crippen LogP contribution in [0.5, 0.6) is 0 Å². The standard InChI is InChI=1S/C76H89N15O6/c1-75(2)21-13-53-63(39-75)83-85-67(53)61-33-47-5-7-49(35-59(47)79-61)73(96)90-23-15-44(16-24-90)43-87-29-31-89(32-30-87)66-12-10-52(42-78-66)56-38-58(72(95)82-70(56)93)57-37-55(69(92)81-71(57)94)51-9-11-65(77-41-51)88-25-17-45(18-26-88)46-19-27-91(28-20-46)74(97)50-8-6-48-34-62(80-60(48)36-50)68-54-14-22-76(3,4)40-64(54)84-86-68/h5-12,33-36,41-42,44-46,55-58,79-80H,13-32,37-40,43H2,1-4H3,(H,83,85)(H,84,86)(H,81,92,94)(H,82,93,95). The molecule has 8 aromatic rings. The number of carbonyl (C=O) groups excluding carboxylic acids is 6. The number of rotatable bonds is 12. The average Bonchev–Trinajstić information content (AvgIpc) is 1.59. The number of imide groups is 2. The van der Waals surface area contributed by atoms with E-state index in [4.69, 9.17) is 20.2 Å². The van der Waals surface area contributed by atoms with Gasteiger partial charge in [-0.2, -0.15) is 10.2 Å². The predicted octanol–water partition coefficient (Wildman–Crippen LogP) is 9.89. The van der Waals surface area contributed by atoms with Gasteiger partial charge in [-0.3, -0.25) is 54.5 Å².